The number of carbonyl (C=O) groups is 1. The number of hydrogen-bond donors (Lipinski definition) is 1. The van der Waals surface area contributed by atoms with Crippen LogP contribution in [0.3, 0.4) is 0 Å². The third-order valence-electron chi connectivity index (χ3n) is 3.71. The largest absolute Gasteiger partial charge is 0.381 e. The minimum absolute atomic E-state index is 0. The summed E-state index contributed by atoms with van der Waals surface area (Å²) >= 11 is 0. The van der Waals surface area contributed by atoms with Crippen molar-refractivity contribution in [2.24, 2.45) is 5.92 Å². The lowest BCUT2D eigenvalue weighted by atomic mass is 9.96. The molecule has 0 aromatic heterocycles. The van der Waals surface area contributed by atoms with Crippen molar-refractivity contribution >= 4 is 18.3 Å². The summed E-state index contributed by atoms with van der Waals surface area (Å²) in [5, 5.41) is 3.27. The van der Waals surface area contributed by atoms with E-state index in [1.54, 1.807) is 0 Å². The van der Waals surface area contributed by atoms with Crippen LogP contribution in [0.1, 0.15) is 25.7 Å². The van der Waals surface area contributed by atoms with Crippen molar-refractivity contribution in [1.29, 1.82) is 0 Å². The fourth-order valence-corrected chi connectivity index (χ4v) is 2.62. The Hall–Kier alpha value is -0.320. The molecule has 4 nitrogen and oxygen atoms in total. The molecular weight excluding hydrogens is 240 g/mol. The summed E-state index contributed by atoms with van der Waals surface area (Å²) < 4.78 is 5.30. The second kappa shape index (κ2) is 7.19. The lowest BCUT2D eigenvalue weighted by Gasteiger charge is -2.35. The van der Waals surface area contributed by atoms with E-state index in [4.69, 9.17) is 4.74 Å². The van der Waals surface area contributed by atoms with Crippen LogP contribution in [0.2, 0.25) is 0 Å². The Balaban J connectivity index is 0.00000144. The lowest BCUT2D eigenvalue weighted by Crippen LogP contribution is -2.49. The van der Waals surface area contributed by atoms with E-state index in [1.807, 2.05) is 11.9 Å². The molecule has 2 heterocycles. The van der Waals surface area contributed by atoms with Crippen LogP contribution in [0.4, 0.5) is 0 Å². The topological polar surface area (TPSA) is 41.6 Å². The van der Waals surface area contributed by atoms with Crippen molar-refractivity contribution in [3.8, 4) is 0 Å². The van der Waals surface area contributed by atoms with Crippen LogP contribution in [-0.2, 0) is 9.53 Å². The van der Waals surface area contributed by atoms with Crippen LogP contribution >= 0.6 is 12.4 Å². The molecule has 0 spiro atoms. The van der Waals surface area contributed by atoms with Gasteiger partial charge < -0.3 is 15.0 Å². The number of piperidine rings is 1. The summed E-state index contributed by atoms with van der Waals surface area (Å²) in [4.78, 5) is 14.3. The molecule has 0 bridgehead atoms. The van der Waals surface area contributed by atoms with E-state index in [0.717, 1.165) is 45.6 Å². The maximum atomic E-state index is 12.3. The van der Waals surface area contributed by atoms with Gasteiger partial charge in [-0.2, -0.15) is 0 Å². The second-order valence-corrected chi connectivity index (χ2v) is 4.80. The van der Waals surface area contributed by atoms with Crippen LogP contribution in [0.5, 0.6) is 0 Å². The van der Waals surface area contributed by atoms with E-state index in [2.05, 4.69) is 5.32 Å². The number of rotatable bonds is 2. The molecule has 1 atom stereocenters. The molecule has 1 N–H and O–H groups in total. The number of likely N-dealkylation sites (tertiary alicyclic amines) is 1. The molecule has 2 fully saturated rings. The Morgan fingerprint density at radius 3 is 2.65 bits per heavy atom. The Morgan fingerprint density at radius 1 is 1.29 bits per heavy atom. The number of likely N-dealkylation sites (N-methyl/N-ethyl adjacent to an activating group) is 1. The molecule has 2 aliphatic rings. The highest BCUT2D eigenvalue weighted by molar-refractivity contribution is 5.85. The summed E-state index contributed by atoms with van der Waals surface area (Å²) in [6.07, 6.45) is 4.12. The van der Waals surface area contributed by atoms with Crippen molar-refractivity contribution in [1.82, 2.24) is 10.2 Å². The average molecular weight is 263 g/mol. The first-order chi connectivity index (χ1) is 7.81. The fraction of sp³-hybridized carbons (Fsp3) is 0.917. The van der Waals surface area contributed by atoms with Gasteiger partial charge in [0.15, 0.2) is 0 Å². The van der Waals surface area contributed by atoms with E-state index in [0.29, 0.717) is 11.9 Å². The van der Waals surface area contributed by atoms with E-state index in [9.17, 15) is 4.79 Å². The van der Waals surface area contributed by atoms with Crippen molar-refractivity contribution in [3.63, 3.8) is 0 Å². The summed E-state index contributed by atoms with van der Waals surface area (Å²) in [6, 6.07) is 0.484. The van der Waals surface area contributed by atoms with Crippen LogP contribution < -0.4 is 5.32 Å². The molecule has 0 aliphatic carbocycles. The molecule has 2 aliphatic heterocycles. The SMILES string of the molecule is CN[C@@H]1CCCN(C(=O)C2CCOCC2)C1.Cl. The van der Waals surface area contributed by atoms with Gasteiger partial charge in [0.05, 0.1) is 0 Å². The number of nitrogens with one attached hydrogen (secondary N) is 1. The maximum absolute atomic E-state index is 12.3. The summed E-state index contributed by atoms with van der Waals surface area (Å²) in [5.41, 5.74) is 0. The van der Waals surface area contributed by atoms with Crippen molar-refractivity contribution in [3.05, 3.63) is 0 Å². The third-order valence-corrected chi connectivity index (χ3v) is 3.71. The average Bonchev–Trinajstić information content (AvgIpc) is 2.39. The Kier molecular flexibility index (Phi) is 6.23. The zero-order chi connectivity index (χ0) is 11.4. The standard InChI is InChI=1S/C12H22N2O2.ClH/c1-13-11-3-2-6-14(9-11)12(15)10-4-7-16-8-5-10;/h10-11,13H,2-9H2,1H3;1H/t11-;/m1./s1. The van der Waals surface area contributed by atoms with E-state index in [1.165, 1.54) is 6.42 Å². The molecule has 0 aromatic rings. The molecule has 100 valence electrons. The predicted molar refractivity (Wildman–Crippen MR) is 69.5 cm³/mol. The lowest BCUT2D eigenvalue weighted by molar-refractivity contribution is -0.139. The van der Waals surface area contributed by atoms with E-state index in [-0.39, 0.29) is 18.3 Å². The molecule has 5 heteroatoms. The van der Waals surface area contributed by atoms with Crippen molar-refractivity contribution in [2.75, 3.05) is 33.4 Å². The van der Waals surface area contributed by atoms with Gasteiger partial charge in [0.25, 0.3) is 0 Å². The molecule has 0 radical (unpaired) electrons. The van der Waals surface area contributed by atoms with Gasteiger partial charge >= 0.3 is 0 Å². The summed E-state index contributed by atoms with van der Waals surface area (Å²) in [5.74, 6) is 0.563. The van der Waals surface area contributed by atoms with Gasteiger partial charge in [-0.3, -0.25) is 4.79 Å². The Morgan fingerprint density at radius 2 is 2.00 bits per heavy atom. The summed E-state index contributed by atoms with van der Waals surface area (Å²) in [7, 11) is 1.98. The first-order valence-corrected chi connectivity index (χ1v) is 6.35. The highest BCUT2D eigenvalue weighted by atomic mass is 35.5. The minimum atomic E-state index is 0. The zero-order valence-corrected chi connectivity index (χ0v) is 11.3. The second-order valence-electron chi connectivity index (χ2n) is 4.80. The van der Waals surface area contributed by atoms with Crippen LogP contribution in [0, 0.1) is 5.92 Å². The zero-order valence-electron chi connectivity index (χ0n) is 10.5. The van der Waals surface area contributed by atoms with Gasteiger partial charge in [0.1, 0.15) is 0 Å². The fourth-order valence-electron chi connectivity index (χ4n) is 2.62. The van der Waals surface area contributed by atoms with Crippen LogP contribution in [0.25, 0.3) is 0 Å². The number of halogens is 1. The minimum Gasteiger partial charge on any atom is -0.381 e. The first-order valence-electron chi connectivity index (χ1n) is 6.35. The highest BCUT2D eigenvalue weighted by Gasteiger charge is 2.29. The smallest absolute Gasteiger partial charge is 0.225 e. The number of carbonyl (C=O) groups excluding carboxylic acids is 1. The number of nitrogens with zero attached hydrogens (tertiary/aromatic N) is 1. The van der Waals surface area contributed by atoms with Gasteiger partial charge in [-0.15, -0.1) is 12.4 Å². The Labute approximate surface area is 109 Å². The molecule has 0 aromatic carbocycles. The molecule has 2 saturated heterocycles. The summed E-state index contributed by atoms with van der Waals surface area (Å²) in [6.45, 7) is 3.32. The van der Waals surface area contributed by atoms with Crippen LogP contribution in [0.15, 0.2) is 0 Å². The van der Waals surface area contributed by atoms with Gasteiger partial charge in [0.2, 0.25) is 5.91 Å². The molecule has 17 heavy (non-hydrogen) atoms. The highest BCUT2D eigenvalue weighted by Crippen LogP contribution is 2.20. The van der Waals surface area contributed by atoms with Crippen molar-refractivity contribution < 1.29 is 9.53 Å². The van der Waals surface area contributed by atoms with Crippen LogP contribution in [-0.4, -0.2) is 50.2 Å². The normalized spacial score (nSPS) is 26.4. The quantitative estimate of drug-likeness (QED) is 0.809. The molecular formula is C12H23ClN2O2. The molecule has 1 amide bonds. The third kappa shape index (κ3) is 3.83. The van der Waals surface area contributed by atoms with Gasteiger partial charge in [0, 0.05) is 38.3 Å². The number of hydrogen-bond acceptors (Lipinski definition) is 3. The number of ether oxygens (including phenoxy) is 1. The first kappa shape index (κ1) is 14.7. The monoisotopic (exact) mass is 262 g/mol. The molecule has 0 saturated carbocycles. The molecule has 2 rings (SSSR count). The number of amides is 1. The maximum Gasteiger partial charge on any atom is 0.225 e. The van der Waals surface area contributed by atoms with E-state index >= 15 is 0 Å². The predicted octanol–water partition coefficient (Wildman–Crippen LogP) is 1.05. The van der Waals surface area contributed by atoms with Crippen molar-refractivity contribution in [2.45, 2.75) is 31.7 Å². The van der Waals surface area contributed by atoms with Gasteiger partial charge in [-0.05, 0) is 32.7 Å². The van der Waals surface area contributed by atoms with E-state index < -0.39 is 0 Å². The Bertz CT molecular complexity index is 245. The van der Waals surface area contributed by atoms with Gasteiger partial charge in [-0.1, -0.05) is 0 Å². The van der Waals surface area contributed by atoms with Gasteiger partial charge in [-0.25, -0.2) is 0 Å². The molecule has 0 unspecified atom stereocenters.